The standard InChI is InChI=1S/C17H23N5O3S2/c1-3-25-15(23)11-14-18-22(17(26)19(14)2)12-20-6-8-21(9-7-20)16(24)13-5-4-10-27-13/h4-5,10H,3,6-9,11-12H2,1-2H3/p+1. The van der Waals surface area contributed by atoms with Crippen molar-refractivity contribution in [1.29, 1.82) is 0 Å². The maximum absolute atomic E-state index is 12.4. The molecule has 0 atom stereocenters. The van der Waals surface area contributed by atoms with Crippen LogP contribution in [0.2, 0.25) is 0 Å². The van der Waals surface area contributed by atoms with Gasteiger partial charge in [0.2, 0.25) is 4.77 Å². The summed E-state index contributed by atoms with van der Waals surface area (Å²) >= 11 is 6.93. The number of hydrogen-bond acceptors (Lipinski definition) is 6. The van der Waals surface area contributed by atoms with Crippen molar-refractivity contribution in [3.8, 4) is 0 Å². The fourth-order valence-corrected chi connectivity index (χ4v) is 3.98. The Kier molecular flexibility index (Phi) is 6.40. The van der Waals surface area contributed by atoms with Crippen molar-refractivity contribution < 1.29 is 19.2 Å². The summed E-state index contributed by atoms with van der Waals surface area (Å²) in [6.07, 6.45) is 0.111. The molecule has 0 aliphatic carbocycles. The number of amides is 1. The van der Waals surface area contributed by atoms with Crippen LogP contribution >= 0.6 is 23.6 Å². The monoisotopic (exact) mass is 410 g/mol. The third kappa shape index (κ3) is 4.63. The van der Waals surface area contributed by atoms with E-state index in [0.29, 0.717) is 37.0 Å². The summed E-state index contributed by atoms with van der Waals surface area (Å²) in [6.45, 7) is 5.84. The zero-order chi connectivity index (χ0) is 19.4. The molecule has 3 rings (SSSR count). The highest BCUT2D eigenvalue weighted by atomic mass is 32.1. The lowest BCUT2D eigenvalue weighted by Crippen LogP contribution is -3.14. The summed E-state index contributed by atoms with van der Waals surface area (Å²) in [7, 11) is 1.81. The van der Waals surface area contributed by atoms with Crippen molar-refractivity contribution in [2.75, 3.05) is 32.8 Å². The molecule has 1 aliphatic rings. The summed E-state index contributed by atoms with van der Waals surface area (Å²) in [5.74, 6) is 0.403. The number of carbonyl (C=O) groups is 2. The largest absolute Gasteiger partial charge is 0.466 e. The Labute approximate surface area is 166 Å². The molecule has 1 N–H and O–H groups in total. The van der Waals surface area contributed by atoms with E-state index in [4.69, 9.17) is 17.0 Å². The number of rotatable bonds is 6. The Morgan fingerprint density at radius 2 is 2.11 bits per heavy atom. The Morgan fingerprint density at radius 3 is 2.74 bits per heavy atom. The predicted molar refractivity (Wildman–Crippen MR) is 103 cm³/mol. The van der Waals surface area contributed by atoms with E-state index in [-0.39, 0.29) is 18.3 Å². The molecule has 3 heterocycles. The number of nitrogens with zero attached hydrogens (tertiary/aromatic N) is 4. The Bertz CT molecular complexity index is 851. The Hall–Kier alpha value is -2.04. The SMILES string of the molecule is CCOC(=O)Cc1nn(C[NH+]2CCN(C(=O)c3cccs3)CC2)c(=S)n1C. The van der Waals surface area contributed by atoms with Gasteiger partial charge in [-0.1, -0.05) is 6.07 Å². The molecule has 2 aromatic rings. The molecule has 1 saturated heterocycles. The van der Waals surface area contributed by atoms with Gasteiger partial charge >= 0.3 is 5.97 Å². The van der Waals surface area contributed by atoms with Crippen LogP contribution in [0.1, 0.15) is 22.4 Å². The van der Waals surface area contributed by atoms with Crippen molar-refractivity contribution in [2.24, 2.45) is 7.05 Å². The van der Waals surface area contributed by atoms with E-state index in [1.807, 2.05) is 29.5 Å². The molecule has 1 amide bonds. The van der Waals surface area contributed by atoms with Crippen molar-refractivity contribution in [2.45, 2.75) is 20.0 Å². The molecule has 146 valence electrons. The van der Waals surface area contributed by atoms with Gasteiger partial charge in [-0.15, -0.1) is 11.3 Å². The number of quaternary nitrogens is 1. The van der Waals surface area contributed by atoms with Gasteiger partial charge in [0, 0.05) is 7.05 Å². The molecule has 2 aromatic heterocycles. The average molecular weight is 411 g/mol. The number of piperazine rings is 1. The number of thiophene rings is 1. The van der Waals surface area contributed by atoms with E-state index in [2.05, 4.69) is 5.10 Å². The van der Waals surface area contributed by atoms with Crippen LogP contribution in [0.3, 0.4) is 0 Å². The van der Waals surface area contributed by atoms with Crippen LogP contribution in [-0.4, -0.2) is 63.9 Å². The summed E-state index contributed by atoms with van der Waals surface area (Å²) < 4.78 is 9.08. The van der Waals surface area contributed by atoms with Crippen LogP contribution in [0.15, 0.2) is 17.5 Å². The number of hydrogen-bond donors (Lipinski definition) is 1. The minimum Gasteiger partial charge on any atom is -0.466 e. The molecule has 1 fully saturated rings. The summed E-state index contributed by atoms with van der Waals surface area (Å²) in [5.41, 5.74) is 0. The van der Waals surface area contributed by atoms with Crippen LogP contribution < -0.4 is 4.90 Å². The predicted octanol–water partition coefficient (Wildman–Crippen LogP) is 0.117. The maximum atomic E-state index is 12.4. The van der Waals surface area contributed by atoms with Crippen LogP contribution in [0.5, 0.6) is 0 Å². The second-order valence-corrected chi connectivity index (χ2v) is 7.73. The van der Waals surface area contributed by atoms with Crippen LogP contribution in [0.4, 0.5) is 0 Å². The van der Waals surface area contributed by atoms with E-state index in [1.165, 1.54) is 16.2 Å². The fraction of sp³-hybridized carbons (Fsp3) is 0.529. The van der Waals surface area contributed by atoms with E-state index in [9.17, 15) is 9.59 Å². The molecule has 1 aliphatic heterocycles. The molecule has 0 spiro atoms. The summed E-state index contributed by atoms with van der Waals surface area (Å²) in [5, 5.41) is 6.42. The van der Waals surface area contributed by atoms with E-state index in [0.717, 1.165) is 18.0 Å². The van der Waals surface area contributed by atoms with Crippen molar-refractivity contribution in [1.82, 2.24) is 19.2 Å². The fourth-order valence-electron chi connectivity index (χ4n) is 3.08. The highest BCUT2D eigenvalue weighted by molar-refractivity contribution is 7.71. The minimum atomic E-state index is -0.305. The highest BCUT2D eigenvalue weighted by Gasteiger charge is 2.26. The van der Waals surface area contributed by atoms with Gasteiger partial charge in [-0.25, -0.2) is 0 Å². The number of esters is 1. The average Bonchev–Trinajstić information content (AvgIpc) is 3.28. The summed E-state index contributed by atoms with van der Waals surface area (Å²) in [6, 6.07) is 3.76. The van der Waals surface area contributed by atoms with Gasteiger partial charge < -0.3 is 19.1 Å². The van der Waals surface area contributed by atoms with Gasteiger partial charge in [0.05, 0.1) is 37.7 Å². The number of carbonyl (C=O) groups excluding carboxylic acids is 2. The molecule has 0 bridgehead atoms. The molecule has 0 unspecified atom stereocenters. The van der Waals surface area contributed by atoms with Crippen molar-refractivity contribution in [3.63, 3.8) is 0 Å². The first-order valence-electron chi connectivity index (χ1n) is 8.94. The quantitative estimate of drug-likeness (QED) is 0.541. The first kappa shape index (κ1) is 19.7. The van der Waals surface area contributed by atoms with Gasteiger partial charge in [-0.2, -0.15) is 9.78 Å². The van der Waals surface area contributed by atoms with Gasteiger partial charge in [0.1, 0.15) is 12.2 Å². The minimum absolute atomic E-state index is 0.107. The van der Waals surface area contributed by atoms with Crippen LogP contribution in [-0.2, 0) is 29.7 Å². The second-order valence-electron chi connectivity index (χ2n) is 6.42. The van der Waals surface area contributed by atoms with Gasteiger partial charge in [0.25, 0.3) is 5.91 Å². The smallest absolute Gasteiger partial charge is 0.313 e. The van der Waals surface area contributed by atoms with Crippen molar-refractivity contribution in [3.05, 3.63) is 33.0 Å². The van der Waals surface area contributed by atoms with Crippen LogP contribution in [0.25, 0.3) is 0 Å². The topological polar surface area (TPSA) is 73.8 Å². The number of aromatic nitrogens is 3. The van der Waals surface area contributed by atoms with Crippen LogP contribution in [0, 0.1) is 4.77 Å². The van der Waals surface area contributed by atoms with Crippen molar-refractivity contribution >= 4 is 35.4 Å². The van der Waals surface area contributed by atoms with Gasteiger partial charge in [-0.05, 0) is 30.6 Å². The Balaban J connectivity index is 1.58. The summed E-state index contributed by atoms with van der Waals surface area (Å²) in [4.78, 5) is 28.1. The Morgan fingerprint density at radius 1 is 1.37 bits per heavy atom. The lowest BCUT2D eigenvalue weighted by molar-refractivity contribution is -0.927. The molecule has 8 nitrogen and oxygen atoms in total. The number of ether oxygens (including phenoxy) is 1. The third-order valence-electron chi connectivity index (χ3n) is 4.60. The normalized spacial score (nSPS) is 15.1. The lowest BCUT2D eigenvalue weighted by atomic mass is 10.3. The van der Waals surface area contributed by atoms with E-state index >= 15 is 0 Å². The van der Waals surface area contributed by atoms with E-state index in [1.54, 1.807) is 16.2 Å². The third-order valence-corrected chi connectivity index (χ3v) is 5.94. The lowest BCUT2D eigenvalue weighted by Gasteiger charge is -2.31. The van der Waals surface area contributed by atoms with Gasteiger partial charge in [0.15, 0.2) is 6.67 Å². The molecule has 10 heteroatoms. The zero-order valence-corrected chi connectivity index (χ0v) is 17.1. The molecule has 0 saturated carbocycles. The molecule has 27 heavy (non-hydrogen) atoms. The van der Waals surface area contributed by atoms with Gasteiger partial charge in [-0.3, -0.25) is 9.59 Å². The maximum Gasteiger partial charge on any atom is 0.313 e. The number of nitrogens with one attached hydrogen (secondary N) is 1. The van der Waals surface area contributed by atoms with E-state index < -0.39 is 0 Å². The molecular formula is C17H24N5O3S2+. The zero-order valence-electron chi connectivity index (χ0n) is 15.5. The molecule has 0 aromatic carbocycles. The second kappa shape index (κ2) is 8.77. The molecular weight excluding hydrogens is 386 g/mol. The first-order chi connectivity index (χ1) is 13.0. The molecule has 0 radical (unpaired) electrons. The first-order valence-corrected chi connectivity index (χ1v) is 10.2. The highest BCUT2D eigenvalue weighted by Crippen LogP contribution is 2.12.